The van der Waals surface area contributed by atoms with Crippen LogP contribution in [0.1, 0.15) is 38.7 Å². The number of methoxy groups -OCH3 is 1. The van der Waals surface area contributed by atoms with Crippen LogP contribution in [-0.4, -0.2) is 55.2 Å². The number of carbonyl (C=O) groups excluding carboxylic acids is 1. The van der Waals surface area contributed by atoms with E-state index in [1.807, 2.05) is 32.0 Å². The maximum atomic E-state index is 13.0. The van der Waals surface area contributed by atoms with Crippen molar-refractivity contribution in [2.75, 3.05) is 38.7 Å². The Morgan fingerprint density at radius 2 is 2.10 bits per heavy atom. The van der Waals surface area contributed by atoms with Gasteiger partial charge in [0.1, 0.15) is 5.75 Å². The fraction of sp³-hybridized carbons (Fsp3) is 0.565. The summed E-state index contributed by atoms with van der Waals surface area (Å²) >= 11 is 0. The summed E-state index contributed by atoms with van der Waals surface area (Å²) in [5.41, 5.74) is 2.61. The van der Waals surface area contributed by atoms with Gasteiger partial charge in [-0.1, -0.05) is 20.3 Å². The van der Waals surface area contributed by atoms with E-state index in [0.717, 1.165) is 62.0 Å². The van der Waals surface area contributed by atoms with Crippen LogP contribution in [0.25, 0.3) is 10.9 Å². The first-order valence-corrected chi connectivity index (χ1v) is 10.6. The van der Waals surface area contributed by atoms with Crippen molar-refractivity contribution in [3.8, 4) is 5.75 Å². The van der Waals surface area contributed by atoms with Gasteiger partial charge in [0, 0.05) is 42.7 Å². The average molecular weight is 400 g/mol. The number of hydrogen-bond acceptors (Lipinski definition) is 5. The molecule has 2 unspecified atom stereocenters. The summed E-state index contributed by atoms with van der Waals surface area (Å²) in [4.78, 5) is 20.0. The van der Waals surface area contributed by atoms with E-state index in [0.29, 0.717) is 17.5 Å². The van der Waals surface area contributed by atoms with Crippen LogP contribution in [0, 0.1) is 12.8 Å². The van der Waals surface area contributed by atoms with Gasteiger partial charge in [-0.2, -0.15) is 0 Å². The number of ether oxygens (including phenoxy) is 2. The van der Waals surface area contributed by atoms with Gasteiger partial charge >= 0.3 is 0 Å². The van der Waals surface area contributed by atoms with Crippen molar-refractivity contribution in [1.82, 2.24) is 9.88 Å². The molecule has 158 valence electrons. The SMILES string of the molecule is CCCC(CC(C)C(=O)Nc1cc(OC)cc2c(C)ccnc12)N1CCOCC1. The highest BCUT2D eigenvalue weighted by molar-refractivity contribution is 6.02. The van der Waals surface area contributed by atoms with Crippen LogP contribution in [0.3, 0.4) is 0 Å². The lowest BCUT2D eigenvalue weighted by molar-refractivity contribution is -0.120. The minimum Gasteiger partial charge on any atom is -0.497 e. The Morgan fingerprint density at radius 3 is 2.79 bits per heavy atom. The fourth-order valence-electron chi connectivity index (χ4n) is 4.07. The number of aromatic nitrogens is 1. The molecule has 2 atom stereocenters. The number of benzene rings is 1. The first kappa shape index (κ1) is 21.5. The minimum absolute atomic E-state index is 0.0252. The third-order valence-corrected chi connectivity index (χ3v) is 5.79. The topological polar surface area (TPSA) is 63.7 Å². The van der Waals surface area contributed by atoms with Crippen molar-refractivity contribution in [3.05, 3.63) is 30.0 Å². The smallest absolute Gasteiger partial charge is 0.227 e. The molecule has 0 bridgehead atoms. The highest BCUT2D eigenvalue weighted by Crippen LogP contribution is 2.30. The van der Waals surface area contributed by atoms with E-state index >= 15 is 0 Å². The Kier molecular flexibility index (Phi) is 7.45. The molecule has 2 heterocycles. The number of hydrogen-bond donors (Lipinski definition) is 1. The quantitative estimate of drug-likeness (QED) is 0.726. The fourth-order valence-corrected chi connectivity index (χ4v) is 4.07. The maximum absolute atomic E-state index is 13.0. The Balaban J connectivity index is 1.75. The molecule has 1 saturated heterocycles. The zero-order valence-corrected chi connectivity index (χ0v) is 18.0. The molecule has 29 heavy (non-hydrogen) atoms. The first-order valence-electron chi connectivity index (χ1n) is 10.6. The third kappa shape index (κ3) is 5.25. The van der Waals surface area contributed by atoms with E-state index in [1.54, 1.807) is 13.3 Å². The molecule has 0 radical (unpaired) electrons. The second-order valence-electron chi connectivity index (χ2n) is 7.92. The summed E-state index contributed by atoms with van der Waals surface area (Å²) in [6.45, 7) is 9.71. The lowest BCUT2D eigenvalue weighted by Gasteiger charge is -2.35. The molecular formula is C23H33N3O3. The van der Waals surface area contributed by atoms with Crippen molar-refractivity contribution in [3.63, 3.8) is 0 Å². The maximum Gasteiger partial charge on any atom is 0.227 e. The lowest BCUT2D eigenvalue weighted by atomic mass is 9.96. The number of aryl methyl sites for hydroxylation is 1. The van der Waals surface area contributed by atoms with Crippen LogP contribution in [0.15, 0.2) is 24.4 Å². The molecule has 1 aromatic carbocycles. The number of carbonyl (C=O) groups is 1. The summed E-state index contributed by atoms with van der Waals surface area (Å²) in [6, 6.07) is 6.19. The molecule has 1 aliphatic rings. The second-order valence-corrected chi connectivity index (χ2v) is 7.92. The van der Waals surface area contributed by atoms with Gasteiger partial charge in [-0.15, -0.1) is 0 Å². The van der Waals surface area contributed by atoms with Crippen LogP contribution in [0.4, 0.5) is 5.69 Å². The zero-order valence-electron chi connectivity index (χ0n) is 18.0. The number of nitrogens with zero attached hydrogens (tertiary/aromatic N) is 2. The van der Waals surface area contributed by atoms with Crippen LogP contribution in [0.5, 0.6) is 5.75 Å². The monoisotopic (exact) mass is 399 g/mol. The van der Waals surface area contributed by atoms with Gasteiger partial charge in [-0.05, 0) is 37.5 Å². The van der Waals surface area contributed by atoms with Crippen LogP contribution in [-0.2, 0) is 9.53 Å². The summed E-state index contributed by atoms with van der Waals surface area (Å²) in [5.74, 6) is 0.645. The van der Waals surface area contributed by atoms with E-state index in [-0.39, 0.29) is 11.8 Å². The predicted octanol–water partition coefficient (Wildman–Crippen LogP) is 4.02. The molecule has 2 aromatic rings. The van der Waals surface area contributed by atoms with Gasteiger partial charge in [0.05, 0.1) is 31.5 Å². The summed E-state index contributed by atoms with van der Waals surface area (Å²) in [5, 5.41) is 4.10. The molecule has 0 spiro atoms. The highest BCUT2D eigenvalue weighted by Gasteiger charge is 2.25. The molecule has 1 aliphatic heterocycles. The van der Waals surface area contributed by atoms with Crippen LogP contribution < -0.4 is 10.1 Å². The van der Waals surface area contributed by atoms with Crippen molar-refractivity contribution in [2.24, 2.45) is 5.92 Å². The van der Waals surface area contributed by atoms with Gasteiger partial charge in [-0.3, -0.25) is 14.7 Å². The van der Waals surface area contributed by atoms with Gasteiger partial charge in [-0.25, -0.2) is 0 Å². The van der Waals surface area contributed by atoms with E-state index < -0.39 is 0 Å². The van der Waals surface area contributed by atoms with Crippen molar-refractivity contribution in [2.45, 2.75) is 46.1 Å². The van der Waals surface area contributed by atoms with Crippen molar-refractivity contribution >= 4 is 22.5 Å². The van der Waals surface area contributed by atoms with Crippen molar-refractivity contribution < 1.29 is 14.3 Å². The second kappa shape index (κ2) is 10.0. The van der Waals surface area contributed by atoms with Gasteiger partial charge in [0.25, 0.3) is 0 Å². The standard InChI is InChI=1S/C23H33N3O3/c1-5-6-18(26-9-11-29-12-10-26)13-17(3)23(27)25-21-15-19(28-4)14-20-16(2)7-8-24-22(20)21/h7-8,14-15,17-18H,5-6,9-13H2,1-4H3,(H,25,27). The molecule has 1 N–H and O–H groups in total. The Morgan fingerprint density at radius 1 is 1.34 bits per heavy atom. The number of morpholine rings is 1. The number of fused-ring (bicyclic) bond motifs is 1. The number of anilines is 1. The summed E-state index contributed by atoms with van der Waals surface area (Å²) < 4.78 is 10.9. The zero-order chi connectivity index (χ0) is 20.8. The van der Waals surface area contributed by atoms with Crippen LogP contribution >= 0.6 is 0 Å². The minimum atomic E-state index is -0.0968. The molecule has 6 heteroatoms. The van der Waals surface area contributed by atoms with E-state index in [4.69, 9.17) is 9.47 Å². The highest BCUT2D eigenvalue weighted by atomic mass is 16.5. The number of nitrogens with one attached hydrogen (secondary N) is 1. The Hall–Kier alpha value is -2.18. The van der Waals surface area contributed by atoms with Gasteiger partial charge < -0.3 is 14.8 Å². The van der Waals surface area contributed by atoms with E-state index in [1.165, 1.54) is 0 Å². The summed E-state index contributed by atoms with van der Waals surface area (Å²) in [7, 11) is 1.64. The lowest BCUT2D eigenvalue weighted by Crippen LogP contribution is -2.44. The Labute approximate surface area is 173 Å². The normalized spacial score (nSPS) is 17.1. The van der Waals surface area contributed by atoms with Crippen LogP contribution in [0.2, 0.25) is 0 Å². The molecule has 0 saturated carbocycles. The molecule has 6 nitrogen and oxygen atoms in total. The molecule has 1 fully saturated rings. The first-order chi connectivity index (χ1) is 14.0. The van der Waals surface area contributed by atoms with Gasteiger partial charge in [0.15, 0.2) is 0 Å². The molecular weight excluding hydrogens is 366 g/mol. The largest absolute Gasteiger partial charge is 0.497 e. The van der Waals surface area contributed by atoms with Gasteiger partial charge in [0.2, 0.25) is 5.91 Å². The molecule has 0 aliphatic carbocycles. The van der Waals surface area contributed by atoms with Crippen molar-refractivity contribution in [1.29, 1.82) is 0 Å². The molecule has 1 aromatic heterocycles. The molecule has 3 rings (SSSR count). The number of rotatable bonds is 8. The van der Waals surface area contributed by atoms with E-state index in [2.05, 4.69) is 22.1 Å². The average Bonchev–Trinajstić information content (AvgIpc) is 2.74. The molecule has 1 amide bonds. The predicted molar refractivity (Wildman–Crippen MR) is 117 cm³/mol. The number of amides is 1. The number of pyridine rings is 1. The third-order valence-electron chi connectivity index (χ3n) is 5.79. The Bertz CT molecular complexity index is 833. The summed E-state index contributed by atoms with van der Waals surface area (Å²) in [6.07, 6.45) is 4.83. The van der Waals surface area contributed by atoms with E-state index in [9.17, 15) is 4.79 Å².